The Morgan fingerprint density at radius 2 is 2.43 bits per heavy atom. The Morgan fingerprint density at radius 1 is 1.50 bits per heavy atom. The van der Waals surface area contributed by atoms with Crippen LogP contribution in [0.15, 0.2) is 29.3 Å². The van der Waals surface area contributed by atoms with E-state index in [2.05, 4.69) is 15.6 Å². The molecule has 1 aliphatic heterocycles. The summed E-state index contributed by atoms with van der Waals surface area (Å²) in [4.78, 5) is 4.25. The quantitative estimate of drug-likeness (QED) is 0.637. The van der Waals surface area contributed by atoms with Gasteiger partial charge in [-0.3, -0.25) is 4.99 Å². The molecule has 0 aliphatic carbocycles. The van der Waals surface area contributed by atoms with Gasteiger partial charge in [0.2, 0.25) is 0 Å². The van der Waals surface area contributed by atoms with E-state index in [0.717, 1.165) is 30.3 Å². The average Bonchev–Trinajstić information content (AvgIpc) is 2.71. The molecule has 1 aliphatic rings. The Morgan fingerprint density at radius 3 is 3.14 bits per heavy atom. The SMILES string of the molecule is NCc1cccc(NC2=NCCN2)c1. The van der Waals surface area contributed by atoms with E-state index in [1.807, 2.05) is 24.3 Å². The lowest BCUT2D eigenvalue weighted by atomic mass is 10.2. The van der Waals surface area contributed by atoms with Crippen molar-refractivity contribution in [1.29, 1.82) is 0 Å². The zero-order chi connectivity index (χ0) is 9.80. The third-order valence-electron chi connectivity index (χ3n) is 2.10. The van der Waals surface area contributed by atoms with Crippen molar-refractivity contribution in [2.45, 2.75) is 6.54 Å². The summed E-state index contributed by atoms with van der Waals surface area (Å²) in [6, 6.07) is 8.03. The van der Waals surface area contributed by atoms with E-state index in [1.54, 1.807) is 0 Å². The summed E-state index contributed by atoms with van der Waals surface area (Å²) >= 11 is 0. The molecule has 0 aromatic heterocycles. The lowest BCUT2D eigenvalue weighted by molar-refractivity contribution is 0.959. The number of hydrogen-bond acceptors (Lipinski definition) is 4. The van der Waals surface area contributed by atoms with Crippen LogP contribution in [0.4, 0.5) is 5.69 Å². The molecule has 0 amide bonds. The summed E-state index contributed by atoms with van der Waals surface area (Å²) in [5.74, 6) is 0.846. The van der Waals surface area contributed by atoms with Crippen molar-refractivity contribution < 1.29 is 0 Å². The van der Waals surface area contributed by atoms with Crippen LogP contribution in [0.25, 0.3) is 0 Å². The number of benzene rings is 1. The van der Waals surface area contributed by atoms with Gasteiger partial charge in [-0.15, -0.1) is 0 Å². The molecule has 4 N–H and O–H groups in total. The number of aliphatic imine (C=N–C) groups is 1. The van der Waals surface area contributed by atoms with Gasteiger partial charge in [0.05, 0.1) is 6.54 Å². The molecule has 2 rings (SSSR count). The molecule has 0 unspecified atom stereocenters. The van der Waals surface area contributed by atoms with Gasteiger partial charge in [0.25, 0.3) is 0 Å². The Labute approximate surface area is 83.2 Å². The highest BCUT2D eigenvalue weighted by Crippen LogP contribution is 2.10. The molecule has 74 valence electrons. The maximum absolute atomic E-state index is 5.55. The third kappa shape index (κ3) is 2.03. The van der Waals surface area contributed by atoms with Crippen LogP contribution < -0.4 is 16.4 Å². The van der Waals surface area contributed by atoms with Gasteiger partial charge in [0.1, 0.15) is 0 Å². The monoisotopic (exact) mass is 190 g/mol. The maximum atomic E-state index is 5.55. The van der Waals surface area contributed by atoms with Crippen LogP contribution in [0.5, 0.6) is 0 Å². The van der Waals surface area contributed by atoms with E-state index in [1.165, 1.54) is 0 Å². The second-order valence-electron chi connectivity index (χ2n) is 3.19. The normalized spacial score (nSPS) is 14.8. The van der Waals surface area contributed by atoms with Gasteiger partial charge < -0.3 is 16.4 Å². The van der Waals surface area contributed by atoms with E-state index >= 15 is 0 Å². The van der Waals surface area contributed by atoms with E-state index < -0.39 is 0 Å². The number of hydrogen-bond donors (Lipinski definition) is 3. The summed E-state index contributed by atoms with van der Waals surface area (Å²) in [5, 5.41) is 6.35. The molecule has 0 spiro atoms. The molecule has 0 radical (unpaired) electrons. The minimum absolute atomic E-state index is 0.565. The summed E-state index contributed by atoms with van der Waals surface area (Å²) in [6.45, 7) is 2.33. The van der Waals surface area contributed by atoms with Crippen LogP contribution in [0, 0.1) is 0 Å². The van der Waals surface area contributed by atoms with Crippen molar-refractivity contribution in [2.24, 2.45) is 10.7 Å². The number of anilines is 1. The Balaban J connectivity index is 2.08. The molecule has 4 heteroatoms. The van der Waals surface area contributed by atoms with Crippen LogP contribution in [0.2, 0.25) is 0 Å². The first kappa shape index (κ1) is 9.02. The van der Waals surface area contributed by atoms with Crippen molar-refractivity contribution in [3.8, 4) is 0 Å². The lowest BCUT2D eigenvalue weighted by Crippen LogP contribution is -2.26. The zero-order valence-corrected chi connectivity index (χ0v) is 7.96. The Hall–Kier alpha value is -1.55. The largest absolute Gasteiger partial charge is 0.354 e. The molecule has 0 fully saturated rings. The highest BCUT2D eigenvalue weighted by Gasteiger charge is 2.04. The number of nitrogens with one attached hydrogen (secondary N) is 2. The molecule has 0 saturated carbocycles. The van der Waals surface area contributed by atoms with E-state index in [-0.39, 0.29) is 0 Å². The number of nitrogens with zero attached hydrogens (tertiary/aromatic N) is 1. The fourth-order valence-electron chi connectivity index (χ4n) is 1.39. The lowest BCUT2D eigenvalue weighted by Gasteiger charge is -2.07. The molecule has 1 heterocycles. The summed E-state index contributed by atoms with van der Waals surface area (Å²) in [7, 11) is 0. The molecule has 0 atom stereocenters. The summed E-state index contributed by atoms with van der Waals surface area (Å²) in [5.41, 5.74) is 7.70. The predicted octanol–water partition coefficient (Wildman–Crippen LogP) is 0.516. The Kier molecular flexibility index (Phi) is 2.65. The number of rotatable bonds is 2. The van der Waals surface area contributed by atoms with Crippen molar-refractivity contribution in [3.05, 3.63) is 29.8 Å². The van der Waals surface area contributed by atoms with Crippen molar-refractivity contribution in [2.75, 3.05) is 18.4 Å². The van der Waals surface area contributed by atoms with Gasteiger partial charge in [0, 0.05) is 18.8 Å². The van der Waals surface area contributed by atoms with Crippen LogP contribution in [0.1, 0.15) is 5.56 Å². The smallest absolute Gasteiger partial charge is 0.195 e. The minimum atomic E-state index is 0.565. The van der Waals surface area contributed by atoms with Gasteiger partial charge in [-0.25, -0.2) is 0 Å². The highest BCUT2D eigenvalue weighted by atomic mass is 15.2. The first-order valence-corrected chi connectivity index (χ1v) is 4.73. The Bertz CT molecular complexity index is 346. The van der Waals surface area contributed by atoms with Crippen molar-refractivity contribution >= 4 is 11.6 Å². The van der Waals surface area contributed by atoms with Crippen LogP contribution in [0.3, 0.4) is 0 Å². The topological polar surface area (TPSA) is 62.4 Å². The van der Waals surface area contributed by atoms with Crippen LogP contribution >= 0.6 is 0 Å². The van der Waals surface area contributed by atoms with Gasteiger partial charge in [0.15, 0.2) is 5.96 Å². The fraction of sp³-hybridized carbons (Fsp3) is 0.300. The minimum Gasteiger partial charge on any atom is -0.354 e. The summed E-state index contributed by atoms with van der Waals surface area (Å²) < 4.78 is 0. The van der Waals surface area contributed by atoms with Gasteiger partial charge in [-0.2, -0.15) is 0 Å². The van der Waals surface area contributed by atoms with E-state index in [9.17, 15) is 0 Å². The average molecular weight is 190 g/mol. The molecule has 14 heavy (non-hydrogen) atoms. The van der Waals surface area contributed by atoms with Gasteiger partial charge in [-0.05, 0) is 17.7 Å². The standard InChI is InChI=1S/C10H14N4/c11-7-8-2-1-3-9(6-8)14-10-12-4-5-13-10/h1-3,6H,4-5,7,11H2,(H2,12,13,14). The fourth-order valence-corrected chi connectivity index (χ4v) is 1.39. The zero-order valence-electron chi connectivity index (χ0n) is 7.96. The molecular weight excluding hydrogens is 176 g/mol. The molecule has 0 bridgehead atoms. The molecular formula is C10H14N4. The first-order valence-electron chi connectivity index (χ1n) is 4.73. The van der Waals surface area contributed by atoms with Crippen LogP contribution in [-0.2, 0) is 6.54 Å². The van der Waals surface area contributed by atoms with Gasteiger partial charge >= 0.3 is 0 Å². The molecule has 1 aromatic carbocycles. The predicted molar refractivity (Wildman–Crippen MR) is 58.3 cm³/mol. The summed E-state index contributed by atoms with van der Waals surface area (Å²) in [6.07, 6.45) is 0. The van der Waals surface area contributed by atoms with E-state index in [4.69, 9.17) is 5.73 Å². The highest BCUT2D eigenvalue weighted by molar-refractivity contribution is 5.94. The molecule has 0 saturated heterocycles. The van der Waals surface area contributed by atoms with Crippen LogP contribution in [-0.4, -0.2) is 19.0 Å². The maximum Gasteiger partial charge on any atom is 0.195 e. The first-order chi connectivity index (χ1) is 6.88. The second kappa shape index (κ2) is 4.11. The number of guanidine groups is 1. The van der Waals surface area contributed by atoms with Crippen molar-refractivity contribution in [1.82, 2.24) is 5.32 Å². The second-order valence-corrected chi connectivity index (χ2v) is 3.19. The molecule has 4 nitrogen and oxygen atoms in total. The van der Waals surface area contributed by atoms with Crippen molar-refractivity contribution in [3.63, 3.8) is 0 Å². The van der Waals surface area contributed by atoms with E-state index in [0.29, 0.717) is 6.54 Å². The van der Waals surface area contributed by atoms with Gasteiger partial charge in [-0.1, -0.05) is 12.1 Å². The number of nitrogens with two attached hydrogens (primary N) is 1. The third-order valence-corrected chi connectivity index (χ3v) is 2.10. The molecule has 1 aromatic rings.